The van der Waals surface area contributed by atoms with Crippen LogP contribution in [0.3, 0.4) is 0 Å². The molecule has 7 nitrogen and oxygen atoms in total. The Balaban J connectivity index is 1.45. The smallest absolute Gasteiger partial charge is 0.266 e. The molecule has 35 heavy (non-hydrogen) atoms. The summed E-state index contributed by atoms with van der Waals surface area (Å²) in [6.45, 7) is 3.83. The Labute approximate surface area is 206 Å². The van der Waals surface area contributed by atoms with Crippen molar-refractivity contribution in [3.63, 3.8) is 0 Å². The van der Waals surface area contributed by atoms with Gasteiger partial charge in [0.2, 0.25) is 5.91 Å². The zero-order valence-electron chi connectivity index (χ0n) is 19.3. The molecular weight excluding hydrogens is 458 g/mol. The van der Waals surface area contributed by atoms with Crippen LogP contribution in [0.25, 0.3) is 22.3 Å². The molecule has 5 rings (SSSR count). The first-order valence-corrected chi connectivity index (χ1v) is 12.1. The third kappa shape index (κ3) is 4.61. The number of aryl methyl sites for hydroxylation is 2. The van der Waals surface area contributed by atoms with Gasteiger partial charge in [0.25, 0.3) is 5.56 Å². The van der Waals surface area contributed by atoms with Crippen molar-refractivity contribution < 1.29 is 4.79 Å². The molecule has 5 aromatic rings. The van der Waals surface area contributed by atoms with Crippen LogP contribution in [0.5, 0.6) is 0 Å². The van der Waals surface area contributed by atoms with Gasteiger partial charge in [-0.05, 0) is 49.7 Å². The van der Waals surface area contributed by atoms with Gasteiger partial charge in [-0.2, -0.15) is 5.10 Å². The fourth-order valence-corrected chi connectivity index (χ4v) is 4.71. The number of aromatic nitrogens is 4. The molecule has 0 radical (unpaired) electrons. The van der Waals surface area contributed by atoms with Gasteiger partial charge in [0.1, 0.15) is 5.82 Å². The monoisotopic (exact) mass is 481 g/mol. The number of para-hydroxylation sites is 3. The molecule has 3 aromatic carbocycles. The van der Waals surface area contributed by atoms with Crippen LogP contribution in [-0.4, -0.2) is 31.0 Å². The maximum absolute atomic E-state index is 13.4. The molecule has 0 unspecified atom stereocenters. The molecule has 0 aliphatic heterocycles. The maximum Gasteiger partial charge on any atom is 0.266 e. The molecule has 1 amide bonds. The summed E-state index contributed by atoms with van der Waals surface area (Å²) in [6, 6.07) is 26.4. The maximum atomic E-state index is 13.4. The lowest BCUT2D eigenvalue weighted by Gasteiger charge is -2.15. The minimum atomic E-state index is -0.217. The number of rotatable bonds is 6. The van der Waals surface area contributed by atoms with Gasteiger partial charge in [0, 0.05) is 6.07 Å². The van der Waals surface area contributed by atoms with Crippen LogP contribution in [0.15, 0.2) is 94.9 Å². The Hall–Kier alpha value is -4.17. The Morgan fingerprint density at radius 2 is 1.66 bits per heavy atom. The van der Waals surface area contributed by atoms with E-state index in [4.69, 9.17) is 4.98 Å². The molecule has 0 saturated carbocycles. The topological polar surface area (TPSA) is 81.8 Å². The number of nitrogens with zero attached hydrogens (tertiary/aromatic N) is 4. The highest BCUT2D eigenvalue weighted by Gasteiger charge is 2.17. The van der Waals surface area contributed by atoms with Crippen LogP contribution in [0.2, 0.25) is 0 Å². The molecule has 2 heterocycles. The van der Waals surface area contributed by atoms with E-state index in [1.165, 1.54) is 11.8 Å². The van der Waals surface area contributed by atoms with Crippen molar-refractivity contribution >= 4 is 34.4 Å². The Bertz CT molecular complexity index is 1590. The predicted octanol–water partition coefficient (Wildman–Crippen LogP) is 4.92. The van der Waals surface area contributed by atoms with Gasteiger partial charge in [0.05, 0.1) is 33.7 Å². The standard InChI is InChI=1S/C27H23N5O2S/c1-18-10-6-9-15-23(18)31-26(34)21-13-7-8-14-22(21)28-27(31)35-17-25(33)29-24-16-19(2)30-32(24)20-11-4-3-5-12-20/h3-16H,17H2,1-2H3,(H,29,33). The van der Waals surface area contributed by atoms with Crippen LogP contribution < -0.4 is 10.9 Å². The van der Waals surface area contributed by atoms with Crippen LogP contribution in [0, 0.1) is 13.8 Å². The molecular formula is C27H23N5O2S. The molecule has 1 N–H and O–H groups in total. The second-order valence-corrected chi connectivity index (χ2v) is 9.04. The fourth-order valence-electron chi connectivity index (χ4n) is 3.90. The number of amides is 1. The molecule has 0 aliphatic carbocycles. The summed E-state index contributed by atoms with van der Waals surface area (Å²) in [5.41, 5.74) is 3.78. The molecule has 174 valence electrons. The van der Waals surface area contributed by atoms with E-state index < -0.39 is 0 Å². The van der Waals surface area contributed by atoms with Gasteiger partial charge in [-0.1, -0.05) is 60.3 Å². The van der Waals surface area contributed by atoms with Crippen molar-refractivity contribution in [3.05, 3.63) is 107 Å². The van der Waals surface area contributed by atoms with Crippen molar-refractivity contribution in [2.24, 2.45) is 0 Å². The fraction of sp³-hybridized carbons (Fsp3) is 0.111. The summed E-state index contributed by atoms with van der Waals surface area (Å²) in [5, 5.41) is 8.44. The van der Waals surface area contributed by atoms with E-state index in [0.29, 0.717) is 21.9 Å². The number of hydrogen-bond acceptors (Lipinski definition) is 5. The number of carbonyl (C=O) groups excluding carboxylic acids is 1. The second-order valence-electron chi connectivity index (χ2n) is 8.09. The molecule has 2 aromatic heterocycles. The lowest BCUT2D eigenvalue weighted by molar-refractivity contribution is -0.113. The van der Waals surface area contributed by atoms with Crippen molar-refractivity contribution in [1.29, 1.82) is 0 Å². The summed E-state index contributed by atoms with van der Waals surface area (Å²) in [4.78, 5) is 31.1. The van der Waals surface area contributed by atoms with Crippen LogP contribution >= 0.6 is 11.8 Å². The first-order chi connectivity index (χ1) is 17.0. The van der Waals surface area contributed by atoms with E-state index in [-0.39, 0.29) is 17.2 Å². The average Bonchev–Trinajstić information content (AvgIpc) is 3.24. The van der Waals surface area contributed by atoms with E-state index in [9.17, 15) is 9.59 Å². The van der Waals surface area contributed by atoms with Crippen molar-refractivity contribution in [1.82, 2.24) is 19.3 Å². The zero-order chi connectivity index (χ0) is 24.4. The Morgan fingerprint density at radius 3 is 2.46 bits per heavy atom. The summed E-state index contributed by atoms with van der Waals surface area (Å²) in [7, 11) is 0. The van der Waals surface area contributed by atoms with Crippen LogP contribution in [0.1, 0.15) is 11.3 Å². The van der Waals surface area contributed by atoms with Crippen molar-refractivity contribution in [3.8, 4) is 11.4 Å². The number of nitrogens with one attached hydrogen (secondary N) is 1. The molecule has 0 bridgehead atoms. The van der Waals surface area contributed by atoms with E-state index in [2.05, 4.69) is 10.4 Å². The Morgan fingerprint density at radius 1 is 0.943 bits per heavy atom. The minimum absolute atomic E-state index is 0.0790. The quantitative estimate of drug-likeness (QED) is 0.275. The largest absolute Gasteiger partial charge is 0.310 e. The van der Waals surface area contributed by atoms with E-state index in [1.54, 1.807) is 15.3 Å². The van der Waals surface area contributed by atoms with Crippen LogP contribution in [-0.2, 0) is 4.79 Å². The van der Waals surface area contributed by atoms with Gasteiger partial charge in [-0.3, -0.25) is 14.2 Å². The molecule has 0 aliphatic rings. The SMILES string of the molecule is Cc1cc(NC(=O)CSc2nc3ccccc3c(=O)n2-c2ccccc2C)n(-c2ccccc2)n1. The molecule has 0 spiro atoms. The highest BCUT2D eigenvalue weighted by molar-refractivity contribution is 7.99. The highest BCUT2D eigenvalue weighted by atomic mass is 32.2. The number of thioether (sulfide) groups is 1. The molecule has 0 fully saturated rings. The van der Waals surface area contributed by atoms with Gasteiger partial charge in [-0.15, -0.1) is 0 Å². The normalized spacial score (nSPS) is 11.0. The Kier molecular flexibility index (Phi) is 6.20. The molecule has 0 saturated heterocycles. The molecule has 0 atom stereocenters. The second kappa shape index (κ2) is 9.60. The van der Waals surface area contributed by atoms with E-state index in [1.807, 2.05) is 92.7 Å². The van der Waals surface area contributed by atoms with Crippen molar-refractivity contribution in [2.75, 3.05) is 11.1 Å². The first kappa shape index (κ1) is 22.6. The van der Waals surface area contributed by atoms with Gasteiger partial charge < -0.3 is 5.32 Å². The molecule has 8 heteroatoms. The lowest BCUT2D eigenvalue weighted by Crippen LogP contribution is -2.23. The number of benzene rings is 3. The first-order valence-electron chi connectivity index (χ1n) is 11.1. The summed E-state index contributed by atoms with van der Waals surface area (Å²) < 4.78 is 3.30. The highest BCUT2D eigenvalue weighted by Crippen LogP contribution is 2.24. The lowest BCUT2D eigenvalue weighted by atomic mass is 10.2. The number of carbonyl (C=O) groups is 1. The van der Waals surface area contributed by atoms with Gasteiger partial charge >= 0.3 is 0 Å². The number of fused-ring (bicyclic) bond motifs is 1. The van der Waals surface area contributed by atoms with Gasteiger partial charge in [0.15, 0.2) is 5.16 Å². The van der Waals surface area contributed by atoms with Crippen molar-refractivity contribution in [2.45, 2.75) is 19.0 Å². The summed E-state index contributed by atoms with van der Waals surface area (Å²) in [5.74, 6) is 0.447. The third-order valence-corrected chi connectivity index (χ3v) is 6.47. The third-order valence-electron chi connectivity index (χ3n) is 5.53. The predicted molar refractivity (Wildman–Crippen MR) is 140 cm³/mol. The zero-order valence-corrected chi connectivity index (χ0v) is 20.1. The summed E-state index contributed by atoms with van der Waals surface area (Å²) in [6.07, 6.45) is 0. The van der Waals surface area contributed by atoms with E-state index in [0.717, 1.165) is 22.6 Å². The number of hydrogen-bond donors (Lipinski definition) is 1. The minimum Gasteiger partial charge on any atom is -0.310 e. The number of anilines is 1. The summed E-state index contributed by atoms with van der Waals surface area (Å²) >= 11 is 1.23. The van der Waals surface area contributed by atoms with Gasteiger partial charge in [-0.25, -0.2) is 9.67 Å². The average molecular weight is 482 g/mol. The van der Waals surface area contributed by atoms with Crippen LogP contribution in [0.4, 0.5) is 5.82 Å². The van der Waals surface area contributed by atoms with E-state index >= 15 is 0 Å².